The third-order valence-corrected chi connectivity index (χ3v) is 6.36. The summed E-state index contributed by atoms with van der Waals surface area (Å²) in [6.07, 6.45) is 2.23. The largest absolute Gasteiger partial charge is 0.271 e. The van der Waals surface area contributed by atoms with E-state index in [9.17, 15) is 8.42 Å². The Labute approximate surface area is 145 Å². The Morgan fingerprint density at radius 3 is 2.43 bits per heavy atom. The van der Waals surface area contributed by atoms with Crippen LogP contribution in [0.4, 0.5) is 0 Å². The molecule has 0 atom stereocenters. The molecule has 0 spiro atoms. The van der Waals surface area contributed by atoms with Crippen LogP contribution in [-0.2, 0) is 23.1 Å². The van der Waals surface area contributed by atoms with Crippen LogP contribution in [0.5, 0.6) is 0 Å². The third kappa shape index (κ3) is 4.02. The van der Waals surface area contributed by atoms with Gasteiger partial charge in [-0.3, -0.25) is 9.36 Å². The minimum absolute atomic E-state index is 0.244. The summed E-state index contributed by atoms with van der Waals surface area (Å²) in [7, 11) is -3.52. The van der Waals surface area contributed by atoms with Crippen LogP contribution in [0.1, 0.15) is 30.4 Å². The number of aryl methyl sites for hydroxylation is 4. The van der Waals surface area contributed by atoms with Gasteiger partial charge in [0, 0.05) is 31.5 Å². The molecule has 0 unspecified atom stereocenters. The van der Waals surface area contributed by atoms with Crippen LogP contribution < -0.4 is 4.72 Å². The highest BCUT2D eigenvalue weighted by Crippen LogP contribution is 2.19. The minimum atomic E-state index is -3.52. The first-order valence-electron chi connectivity index (χ1n) is 7.49. The zero-order valence-electron chi connectivity index (χ0n) is 13.8. The maximum atomic E-state index is 12.3. The van der Waals surface area contributed by atoms with Gasteiger partial charge in [-0.15, -0.1) is 0 Å². The first-order chi connectivity index (χ1) is 10.8. The molecule has 7 nitrogen and oxygen atoms in total. The first-order valence-corrected chi connectivity index (χ1v) is 9.77. The Morgan fingerprint density at radius 2 is 1.91 bits per heavy atom. The molecule has 0 aromatic carbocycles. The Balaban J connectivity index is 1.94. The fourth-order valence-corrected chi connectivity index (χ4v) is 3.87. The summed E-state index contributed by atoms with van der Waals surface area (Å²) < 4.78 is 31.8. The number of hydrogen-bond donors (Lipinski definition) is 1. The van der Waals surface area contributed by atoms with Crippen molar-refractivity contribution in [2.75, 3.05) is 6.54 Å². The molecule has 0 amide bonds. The lowest BCUT2D eigenvalue weighted by atomic mass is 10.4. The number of aromatic nitrogens is 4. The van der Waals surface area contributed by atoms with E-state index >= 15 is 0 Å². The number of nitrogens with zero attached hydrogens (tertiary/aromatic N) is 4. The highest BCUT2D eigenvalue weighted by atomic mass is 79.9. The van der Waals surface area contributed by atoms with Gasteiger partial charge in [-0.1, -0.05) is 0 Å². The normalized spacial score (nSPS) is 12.0. The predicted molar refractivity (Wildman–Crippen MR) is 91.8 cm³/mol. The topological polar surface area (TPSA) is 81.8 Å². The van der Waals surface area contributed by atoms with E-state index in [-0.39, 0.29) is 4.90 Å². The maximum absolute atomic E-state index is 12.3. The Hall–Kier alpha value is -1.19. The molecule has 23 heavy (non-hydrogen) atoms. The van der Waals surface area contributed by atoms with Crippen molar-refractivity contribution in [2.45, 2.75) is 52.1 Å². The molecule has 0 radical (unpaired) electrons. The van der Waals surface area contributed by atoms with Crippen molar-refractivity contribution in [3.05, 3.63) is 27.8 Å². The van der Waals surface area contributed by atoms with Crippen molar-refractivity contribution in [1.29, 1.82) is 0 Å². The molecule has 0 fully saturated rings. The zero-order chi connectivity index (χ0) is 17.2. The zero-order valence-corrected chi connectivity index (χ0v) is 16.2. The van der Waals surface area contributed by atoms with Gasteiger partial charge in [0.2, 0.25) is 10.0 Å². The lowest BCUT2D eigenvalue weighted by Crippen LogP contribution is -2.26. The van der Waals surface area contributed by atoms with Crippen LogP contribution in [0, 0.1) is 20.8 Å². The van der Waals surface area contributed by atoms with Crippen LogP contribution in [0.15, 0.2) is 15.6 Å². The van der Waals surface area contributed by atoms with Gasteiger partial charge >= 0.3 is 0 Å². The highest BCUT2D eigenvalue weighted by molar-refractivity contribution is 9.10. The summed E-state index contributed by atoms with van der Waals surface area (Å²) in [5.74, 6) is 0. The van der Waals surface area contributed by atoms with Crippen molar-refractivity contribution in [3.8, 4) is 0 Å². The van der Waals surface area contributed by atoms with Gasteiger partial charge in [-0.2, -0.15) is 10.2 Å². The monoisotopic (exact) mass is 403 g/mol. The number of hydrogen-bond acceptors (Lipinski definition) is 4. The average Bonchev–Trinajstić information content (AvgIpc) is 3.00. The Bertz CT molecular complexity index is 794. The predicted octanol–water partition coefficient (Wildman–Crippen LogP) is 2.16. The van der Waals surface area contributed by atoms with Gasteiger partial charge in [0.25, 0.3) is 0 Å². The number of rotatable bonds is 7. The van der Waals surface area contributed by atoms with Gasteiger partial charge in [-0.25, -0.2) is 13.1 Å². The van der Waals surface area contributed by atoms with Crippen LogP contribution in [0.3, 0.4) is 0 Å². The van der Waals surface area contributed by atoms with E-state index in [0.717, 1.165) is 15.9 Å². The van der Waals surface area contributed by atoms with Crippen LogP contribution >= 0.6 is 15.9 Å². The van der Waals surface area contributed by atoms with Crippen molar-refractivity contribution >= 4 is 26.0 Å². The lowest BCUT2D eigenvalue weighted by Gasteiger charge is -2.07. The number of halogens is 1. The second-order valence-corrected chi connectivity index (χ2v) is 7.92. The molecule has 128 valence electrons. The molecule has 0 bridgehead atoms. The van der Waals surface area contributed by atoms with E-state index in [2.05, 4.69) is 30.8 Å². The first kappa shape index (κ1) is 18.2. The van der Waals surface area contributed by atoms with E-state index in [1.165, 1.54) is 0 Å². The summed E-state index contributed by atoms with van der Waals surface area (Å²) in [6.45, 7) is 9.20. The molecule has 2 aromatic heterocycles. The van der Waals surface area contributed by atoms with Gasteiger partial charge < -0.3 is 0 Å². The molecule has 0 saturated heterocycles. The summed E-state index contributed by atoms with van der Waals surface area (Å²) in [5.41, 5.74) is 2.50. The van der Waals surface area contributed by atoms with Gasteiger partial charge in [-0.05, 0) is 50.0 Å². The quantitative estimate of drug-likeness (QED) is 0.717. The summed E-state index contributed by atoms with van der Waals surface area (Å²) >= 11 is 3.48. The molecule has 0 aliphatic rings. The fraction of sp³-hybridized carbons (Fsp3) is 0.571. The van der Waals surface area contributed by atoms with Crippen LogP contribution in [0.25, 0.3) is 0 Å². The molecule has 1 N–H and O–H groups in total. The molecule has 0 saturated carbocycles. The van der Waals surface area contributed by atoms with Crippen molar-refractivity contribution in [3.63, 3.8) is 0 Å². The number of nitrogens with one attached hydrogen (secondary N) is 1. The third-order valence-electron chi connectivity index (χ3n) is 3.65. The molecule has 2 rings (SSSR count). The second kappa shape index (κ2) is 7.14. The number of sulfonamides is 1. The van der Waals surface area contributed by atoms with E-state index < -0.39 is 10.0 Å². The van der Waals surface area contributed by atoms with Crippen LogP contribution in [0.2, 0.25) is 0 Å². The second-order valence-electron chi connectivity index (χ2n) is 5.39. The Morgan fingerprint density at radius 1 is 1.22 bits per heavy atom. The fourth-order valence-electron chi connectivity index (χ4n) is 2.33. The summed E-state index contributed by atoms with van der Waals surface area (Å²) in [6, 6.07) is 0. The van der Waals surface area contributed by atoms with E-state index in [1.54, 1.807) is 17.8 Å². The Kier molecular flexibility index (Phi) is 5.64. The summed E-state index contributed by atoms with van der Waals surface area (Å²) in [5, 5.41) is 8.58. The van der Waals surface area contributed by atoms with Crippen molar-refractivity contribution < 1.29 is 8.42 Å². The molecule has 0 aliphatic carbocycles. The van der Waals surface area contributed by atoms with Gasteiger partial charge in [0.05, 0.1) is 15.9 Å². The standard InChI is InChI=1S/C14H22BrN5O2S/c1-5-19-9-13(10(2)17-19)23(21,22)16-7-6-8-20-12(4)14(15)11(3)18-20/h9,16H,5-8H2,1-4H3. The van der Waals surface area contributed by atoms with E-state index in [4.69, 9.17) is 0 Å². The molecular weight excluding hydrogens is 382 g/mol. The van der Waals surface area contributed by atoms with Crippen LogP contribution in [-0.4, -0.2) is 34.5 Å². The molecule has 2 heterocycles. The van der Waals surface area contributed by atoms with Crippen molar-refractivity contribution in [1.82, 2.24) is 24.3 Å². The minimum Gasteiger partial charge on any atom is -0.271 e. The van der Waals surface area contributed by atoms with Gasteiger partial charge in [0.15, 0.2) is 0 Å². The SMILES string of the molecule is CCn1cc(S(=O)(=O)NCCCn2nc(C)c(Br)c2C)c(C)n1. The van der Waals surface area contributed by atoms with Crippen molar-refractivity contribution in [2.24, 2.45) is 0 Å². The highest BCUT2D eigenvalue weighted by Gasteiger charge is 2.19. The van der Waals surface area contributed by atoms with E-state index in [0.29, 0.717) is 31.7 Å². The molecule has 0 aliphatic heterocycles. The van der Waals surface area contributed by atoms with Gasteiger partial charge in [0.1, 0.15) is 4.90 Å². The smallest absolute Gasteiger partial charge is 0.243 e. The average molecular weight is 404 g/mol. The molecule has 2 aromatic rings. The lowest BCUT2D eigenvalue weighted by molar-refractivity contribution is 0.543. The molecular formula is C14H22BrN5O2S. The van der Waals surface area contributed by atoms with E-state index in [1.807, 2.05) is 25.5 Å². The summed E-state index contributed by atoms with van der Waals surface area (Å²) in [4.78, 5) is 0.244. The maximum Gasteiger partial charge on any atom is 0.243 e. The molecule has 9 heteroatoms.